The molecule has 40 heavy (non-hydrogen) atoms. The van der Waals surface area contributed by atoms with Gasteiger partial charge in [0.15, 0.2) is 0 Å². The fraction of sp³-hybridized carbons (Fsp3) is 0.265. The Balaban J connectivity index is 1.28. The number of benzene rings is 4. The Hall–Kier alpha value is -4.29. The van der Waals surface area contributed by atoms with Crippen molar-refractivity contribution < 1.29 is 19.0 Å². The van der Waals surface area contributed by atoms with Gasteiger partial charge in [-0.1, -0.05) is 30.3 Å². The lowest BCUT2D eigenvalue weighted by Crippen LogP contribution is -2.35. The van der Waals surface area contributed by atoms with Gasteiger partial charge in [0.05, 0.1) is 14.2 Å². The summed E-state index contributed by atoms with van der Waals surface area (Å²) in [4.78, 5) is 15.6. The van der Waals surface area contributed by atoms with Crippen LogP contribution in [0.3, 0.4) is 0 Å². The molecule has 0 aromatic heterocycles. The van der Waals surface area contributed by atoms with Crippen LogP contribution >= 0.6 is 0 Å². The number of carbonyl (C=O) groups is 1. The van der Waals surface area contributed by atoms with E-state index in [0.29, 0.717) is 11.3 Å². The summed E-state index contributed by atoms with van der Waals surface area (Å²) in [5.41, 5.74) is 6.33. The average molecular weight is 537 g/mol. The number of hydrogen-bond acceptors (Lipinski definition) is 5. The summed E-state index contributed by atoms with van der Waals surface area (Å²) >= 11 is 0. The first kappa shape index (κ1) is 27.3. The van der Waals surface area contributed by atoms with Crippen LogP contribution in [-0.2, 0) is 0 Å². The zero-order chi connectivity index (χ0) is 28.1. The molecule has 1 amide bonds. The number of hydrogen-bond donors (Lipinski definition) is 1. The minimum absolute atomic E-state index is 0.186. The van der Waals surface area contributed by atoms with Gasteiger partial charge in [0.1, 0.15) is 23.4 Å². The molecule has 6 heteroatoms. The Labute approximate surface area is 236 Å². The number of amides is 1. The van der Waals surface area contributed by atoms with Crippen molar-refractivity contribution in [1.29, 1.82) is 0 Å². The Morgan fingerprint density at radius 1 is 0.800 bits per heavy atom. The molecule has 0 unspecified atom stereocenters. The molecule has 1 saturated heterocycles. The molecule has 206 valence electrons. The molecule has 0 atom stereocenters. The van der Waals surface area contributed by atoms with Crippen molar-refractivity contribution in [3.63, 3.8) is 0 Å². The third-order valence-corrected chi connectivity index (χ3v) is 7.46. The van der Waals surface area contributed by atoms with Gasteiger partial charge in [0, 0.05) is 29.9 Å². The SMILES string of the molecule is COc1cccc(-c2cc(C(=O)Nc3ccc(-c4ccc(OC5CCN(C)CC5)cc4)c(C)c3)ccc2OC)c1. The van der Waals surface area contributed by atoms with Gasteiger partial charge < -0.3 is 24.4 Å². The molecule has 4 aromatic carbocycles. The second kappa shape index (κ2) is 12.3. The second-order valence-electron chi connectivity index (χ2n) is 10.3. The first-order valence-electron chi connectivity index (χ1n) is 13.6. The number of methoxy groups -OCH3 is 2. The molecule has 6 nitrogen and oxygen atoms in total. The maximum Gasteiger partial charge on any atom is 0.255 e. The normalized spacial score (nSPS) is 14.0. The number of ether oxygens (including phenoxy) is 3. The molecule has 1 aliphatic rings. The predicted octanol–water partition coefficient (Wildman–Crippen LogP) is 7.07. The van der Waals surface area contributed by atoms with Gasteiger partial charge in [0.25, 0.3) is 5.91 Å². The van der Waals surface area contributed by atoms with Crippen molar-refractivity contribution in [2.45, 2.75) is 25.9 Å². The summed E-state index contributed by atoms with van der Waals surface area (Å²) in [6, 6.07) is 27.4. The van der Waals surface area contributed by atoms with E-state index < -0.39 is 0 Å². The Bertz CT molecular complexity index is 1470. The van der Waals surface area contributed by atoms with Gasteiger partial charge >= 0.3 is 0 Å². The summed E-state index contributed by atoms with van der Waals surface area (Å²) in [6.45, 7) is 4.21. The van der Waals surface area contributed by atoms with Crippen LogP contribution in [-0.4, -0.2) is 51.3 Å². The van der Waals surface area contributed by atoms with E-state index in [1.165, 1.54) is 0 Å². The van der Waals surface area contributed by atoms with Crippen LogP contribution in [0.5, 0.6) is 17.2 Å². The Morgan fingerprint density at radius 2 is 1.57 bits per heavy atom. The quantitative estimate of drug-likeness (QED) is 0.261. The van der Waals surface area contributed by atoms with Crippen molar-refractivity contribution >= 4 is 11.6 Å². The van der Waals surface area contributed by atoms with Crippen molar-refractivity contribution in [2.75, 3.05) is 39.7 Å². The third-order valence-electron chi connectivity index (χ3n) is 7.46. The number of anilines is 1. The van der Waals surface area contributed by atoms with E-state index in [2.05, 4.69) is 36.3 Å². The fourth-order valence-corrected chi connectivity index (χ4v) is 5.14. The molecule has 0 aliphatic carbocycles. The minimum Gasteiger partial charge on any atom is -0.497 e. The summed E-state index contributed by atoms with van der Waals surface area (Å²) in [5.74, 6) is 2.15. The Kier molecular flexibility index (Phi) is 8.37. The van der Waals surface area contributed by atoms with Crippen LogP contribution in [0.1, 0.15) is 28.8 Å². The van der Waals surface area contributed by atoms with E-state index in [-0.39, 0.29) is 12.0 Å². The van der Waals surface area contributed by atoms with Gasteiger partial charge in [-0.05, 0) is 104 Å². The smallest absolute Gasteiger partial charge is 0.255 e. The summed E-state index contributed by atoms with van der Waals surface area (Å²) < 4.78 is 17.1. The highest BCUT2D eigenvalue weighted by Gasteiger charge is 2.18. The van der Waals surface area contributed by atoms with Crippen molar-refractivity contribution in [1.82, 2.24) is 4.90 Å². The van der Waals surface area contributed by atoms with Gasteiger partial charge in [-0.25, -0.2) is 0 Å². The standard InChI is InChI=1S/C34H36N2O4/c1-23-20-27(11-14-31(23)24-8-12-28(13-9-24)40-29-16-18-36(2)19-17-29)35-34(37)26-10-15-33(39-4)32(22-26)25-6-5-7-30(21-25)38-3/h5-15,20-22,29H,16-19H2,1-4H3,(H,35,37). The predicted molar refractivity (Wildman–Crippen MR) is 161 cm³/mol. The Morgan fingerprint density at radius 3 is 2.27 bits per heavy atom. The summed E-state index contributed by atoms with van der Waals surface area (Å²) in [6.07, 6.45) is 2.40. The van der Waals surface area contributed by atoms with E-state index >= 15 is 0 Å². The number of nitrogens with one attached hydrogen (secondary N) is 1. The number of rotatable bonds is 8. The molecule has 5 rings (SSSR count). The largest absolute Gasteiger partial charge is 0.497 e. The average Bonchev–Trinajstić information content (AvgIpc) is 2.98. The fourth-order valence-electron chi connectivity index (χ4n) is 5.14. The van der Waals surface area contributed by atoms with Crippen LogP contribution in [0.25, 0.3) is 22.3 Å². The zero-order valence-corrected chi connectivity index (χ0v) is 23.6. The van der Waals surface area contributed by atoms with E-state index in [0.717, 1.165) is 70.9 Å². The molecule has 4 aromatic rings. The molecule has 1 aliphatic heterocycles. The topological polar surface area (TPSA) is 60.0 Å². The van der Waals surface area contributed by atoms with E-state index in [1.54, 1.807) is 20.3 Å². The molecular formula is C34H36N2O4. The molecule has 0 radical (unpaired) electrons. The first-order valence-corrected chi connectivity index (χ1v) is 13.6. The zero-order valence-electron chi connectivity index (χ0n) is 23.6. The highest BCUT2D eigenvalue weighted by Crippen LogP contribution is 2.33. The monoisotopic (exact) mass is 536 g/mol. The lowest BCUT2D eigenvalue weighted by atomic mass is 9.99. The number of aryl methyl sites for hydroxylation is 1. The van der Waals surface area contributed by atoms with Crippen LogP contribution in [0.2, 0.25) is 0 Å². The minimum atomic E-state index is -0.186. The lowest BCUT2D eigenvalue weighted by molar-refractivity contribution is 0.102. The second-order valence-corrected chi connectivity index (χ2v) is 10.3. The molecule has 0 spiro atoms. The highest BCUT2D eigenvalue weighted by atomic mass is 16.5. The molecular weight excluding hydrogens is 500 g/mol. The molecule has 1 fully saturated rings. The molecule has 1 heterocycles. The van der Waals surface area contributed by atoms with Crippen LogP contribution < -0.4 is 19.5 Å². The maximum absolute atomic E-state index is 13.2. The summed E-state index contributed by atoms with van der Waals surface area (Å²) in [7, 11) is 5.41. The molecule has 1 N–H and O–H groups in total. The third kappa shape index (κ3) is 6.29. The van der Waals surface area contributed by atoms with E-state index in [1.807, 2.05) is 66.7 Å². The van der Waals surface area contributed by atoms with Crippen molar-refractivity contribution in [3.8, 4) is 39.5 Å². The van der Waals surface area contributed by atoms with Gasteiger partial charge in [-0.2, -0.15) is 0 Å². The number of carbonyl (C=O) groups excluding carboxylic acids is 1. The number of piperidine rings is 1. The van der Waals surface area contributed by atoms with E-state index in [9.17, 15) is 4.79 Å². The number of likely N-dealkylation sites (tertiary alicyclic amines) is 1. The van der Waals surface area contributed by atoms with Gasteiger partial charge in [-0.15, -0.1) is 0 Å². The van der Waals surface area contributed by atoms with Gasteiger partial charge in [-0.3, -0.25) is 4.79 Å². The highest BCUT2D eigenvalue weighted by molar-refractivity contribution is 6.05. The molecule has 0 saturated carbocycles. The molecule has 0 bridgehead atoms. The maximum atomic E-state index is 13.2. The number of nitrogens with zero attached hydrogens (tertiary/aromatic N) is 1. The summed E-state index contributed by atoms with van der Waals surface area (Å²) in [5, 5.41) is 3.05. The van der Waals surface area contributed by atoms with Crippen LogP contribution in [0.4, 0.5) is 5.69 Å². The van der Waals surface area contributed by atoms with Crippen LogP contribution in [0, 0.1) is 6.92 Å². The van der Waals surface area contributed by atoms with E-state index in [4.69, 9.17) is 14.2 Å². The van der Waals surface area contributed by atoms with Crippen molar-refractivity contribution in [3.05, 3.63) is 96.1 Å². The van der Waals surface area contributed by atoms with Crippen molar-refractivity contribution in [2.24, 2.45) is 0 Å². The first-order chi connectivity index (χ1) is 19.4. The van der Waals surface area contributed by atoms with Gasteiger partial charge in [0.2, 0.25) is 0 Å². The lowest BCUT2D eigenvalue weighted by Gasteiger charge is -2.29. The van der Waals surface area contributed by atoms with Crippen LogP contribution in [0.15, 0.2) is 84.9 Å².